The molecule has 0 bridgehead atoms. The summed E-state index contributed by atoms with van der Waals surface area (Å²) in [6, 6.07) is 13.0. The van der Waals surface area contributed by atoms with Crippen LogP contribution in [0.15, 0.2) is 48.5 Å². The highest BCUT2D eigenvalue weighted by molar-refractivity contribution is 6.10. The van der Waals surface area contributed by atoms with Crippen LogP contribution in [0.3, 0.4) is 0 Å². The van der Waals surface area contributed by atoms with E-state index in [0.29, 0.717) is 17.0 Å². The Morgan fingerprint density at radius 1 is 1.10 bits per heavy atom. The molecule has 1 aliphatic heterocycles. The highest BCUT2D eigenvalue weighted by Crippen LogP contribution is 2.27. The van der Waals surface area contributed by atoms with Gasteiger partial charge >= 0.3 is 6.03 Å². The molecule has 30 heavy (non-hydrogen) atoms. The molecule has 2 N–H and O–H groups in total. The molecule has 0 spiro atoms. The molecule has 0 saturated carbocycles. The normalized spacial score (nSPS) is 18.2. The first-order chi connectivity index (χ1) is 14.2. The van der Waals surface area contributed by atoms with Crippen LogP contribution in [0.25, 0.3) is 0 Å². The van der Waals surface area contributed by atoms with Crippen LogP contribution in [-0.4, -0.2) is 47.7 Å². The number of carbonyl (C=O) groups is 4. The number of ketones is 1. The summed E-state index contributed by atoms with van der Waals surface area (Å²) >= 11 is 0. The Bertz CT molecular complexity index is 1000. The van der Waals surface area contributed by atoms with E-state index >= 15 is 0 Å². The Hall–Kier alpha value is -3.68. The molecule has 156 valence electrons. The van der Waals surface area contributed by atoms with Gasteiger partial charge in [0.05, 0.1) is 7.11 Å². The first-order valence-corrected chi connectivity index (χ1v) is 9.40. The van der Waals surface area contributed by atoms with E-state index in [1.54, 1.807) is 37.3 Å². The van der Waals surface area contributed by atoms with Gasteiger partial charge in [-0.3, -0.25) is 19.3 Å². The lowest BCUT2D eigenvalue weighted by molar-refractivity contribution is -0.133. The quantitative estimate of drug-likeness (QED) is 0.540. The first kappa shape index (κ1) is 21.0. The van der Waals surface area contributed by atoms with E-state index in [0.717, 1.165) is 10.5 Å². The van der Waals surface area contributed by atoms with Crippen molar-refractivity contribution in [3.8, 4) is 5.75 Å². The predicted molar refractivity (Wildman–Crippen MR) is 110 cm³/mol. The van der Waals surface area contributed by atoms with Crippen molar-refractivity contribution in [1.82, 2.24) is 10.2 Å². The van der Waals surface area contributed by atoms with Crippen molar-refractivity contribution in [2.24, 2.45) is 0 Å². The zero-order valence-electron chi connectivity index (χ0n) is 17.0. The number of nitrogens with one attached hydrogen (secondary N) is 2. The second-order valence-corrected chi connectivity index (χ2v) is 7.32. The Morgan fingerprint density at radius 2 is 1.77 bits per heavy atom. The summed E-state index contributed by atoms with van der Waals surface area (Å²) in [6.07, 6.45) is 0.228. The maximum absolute atomic E-state index is 12.9. The van der Waals surface area contributed by atoms with Gasteiger partial charge in [-0.2, -0.15) is 0 Å². The fraction of sp³-hybridized carbons (Fsp3) is 0.273. The maximum Gasteiger partial charge on any atom is 0.325 e. The van der Waals surface area contributed by atoms with Gasteiger partial charge in [-0.25, -0.2) is 4.79 Å². The van der Waals surface area contributed by atoms with Crippen molar-refractivity contribution in [1.29, 1.82) is 0 Å². The molecule has 4 amide bonds. The summed E-state index contributed by atoms with van der Waals surface area (Å²) in [4.78, 5) is 49.9. The van der Waals surface area contributed by atoms with Crippen molar-refractivity contribution in [2.75, 3.05) is 19.0 Å². The summed E-state index contributed by atoms with van der Waals surface area (Å²) in [5.74, 6) is -0.469. The average Bonchev–Trinajstić information content (AvgIpc) is 2.91. The number of benzene rings is 2. The Labute approximate surface area is 174 Å². The van der Waals surface area contributed by atoms with Gasteiger partial charge in [0.2, 0.25) is 5.91 Å². The molecular formula is C22H23N3O5. The van der Waals surface area contributed by atoms with Gasteiger partial charge in [0.25, 0.3) is 5.91 Å². The van der Waals surface area contributed by atoms with Gasteiger partial charge in [0, 0.05) is 17.7 Å². The van der Waals surface area contributed by atoms with Crippen LogP contribution in [-0.2, 0) is 16.0 Å². The first-order valence-electron chi connectivity index (χ1n) is 9.40. The van der Waals surface area contributed by atoms with Gasteiger partial charge in [-0.15, -0.1) is 0 Å². The van der Waals surface area contributed by atoms with Crippen LogP contribution < -0.4 is 15.4 Å². The number of para-hydroxylation sites is 1. The molecule has 8 nitrogen and oxygen atoms in total. The summed E-state index contributed by atoms with van der Waals surface area (Å²) in [5, 5.41) is 5.31. The molecule has 8 heteroatoms. The van der Waals surface area contributed by atoms with E-state index in [2.05, 4.69) is 10.6 Å². The largest absolute Gasteiger partial charge is 0.496 e. The number of methoxy groups -OCH3 is 1. The molecule has 1 saturated heterocycles. The Morgan fingerprint density at radius 3 is 2.40 bits per heavy atom. The molecule has 0 aromatic heterocycles. The average molecular weight is 409 g/mol. The number of Topliss-reactive ketones (excluding diaryl/α,β-unsaturated/α-hetero) is 1. The van der Waals surface area contributed by atoms with E-state index in [1.165, 1.54) is 14.0 Å². The summed E-state index contributed by atoms with van der Waals surface area (Å²) in [7, 11) is 1.54. The number of ether oxygens (including phenoxy) is 1. The number of imide groups is 1. The predicted octanol–water partition coefficient (Wildman–Crippen LogP) is 2.39. The second-order valence-electron chi connectivity index (χ2n) is 7.32. The molecule has 1 heterocycles. The third-order valence-electron chi connectivity index (χ3n) is 4.96. The van der Waals surface area contributed by atoms with E-state index in [4.69, 9.17) is 4.74 Å². The van der Waals surface area contributed by atoms with Crippen molar-refractivity contribution in [3.63, 3.8) is 0 Å². The van der Waals surface area contributed by atoms with Crippen LogP contribution in [0.2, 0.25) is 0 Å². The number of urea groups is 1. The van der Waals surface area contributed by atoms with E-state index in [-0.39, 0.29) is 12.2 Å². The number of rotatable bonds is 7. The zero-order chi connectivity index (χ0) is 21.9. The molecule has 1 aliphatic rings. The molecule has 0 unspecified atom stereocenters. The molecule has 3 rings (SSSR count). The van der Waals surface area contributed by atoms with Crippen LogP contribution >= 0.6 is 0 Å². The van der Waals surface area contributed by atoms with Crippen LogP contribution in [0.1, 0.15) is 29.8 Å². The van der Waals surface area contributed by atoms with Gasteiger partial charge in [-0.05, 0) is 49.7 Å². The minimum absolute atomic E-state index is 0.0819. The third kappa shape index (κ3) is 4.32. The number of carbonyl (C=O) groups excluding carboxylic acids is 4. The lowest BCUT2D eigenvalue weighted by Gasteiger charge is -2.22. The van der Waals surface area contributed by atoms with Crippen molar-refractivity contribution in [3.05, 3.63) is 59.7 Å². The molecule has 1 fully saturated rings. The topological polar surface area (TPSA) is 105 Å². The Kier molecular flexibility index (Phi) is 5.86. The van der Waals surface area contributed by atoms with Gasteiger partial charge in [-0.1, -0.05) is 18.2 Å². The highest BCUT2D eigenvalue weighted by Gasteiger charge is 2.48. The zero-order valence-corrected chi connectivity index (χ0v) is 17.0. The smallest absolute Gasteiger partial charge is 0.325 e. The Balaban J connectivity index is 1.68. The highest BCUT2D eigenvalue weighted by atomic mass is 16.5. The van der Waals surface area contributed by atoms with Crippen LogP contribution in [0.4, 0.5) is 10.5 Å². The van der Waals surface area contributed by atoms with Crippen molar-refractivity contribution < 1.29 is 23.9 Å². The van der Waals surface area contributed by atoms with E-state index < -0.39 is 29.9 Å². The molecule has 1 atom stereocenters. The molecule has 0 radical (unpaired) electrons. The minimum atomic E-state index is -1.19. The number of amides is 4. The van der Waals surface area contributed by atoms with Crippen LogP contribution in [0, 0.1) is 0 Å². The van der Waals surface area contributed by atoms with Crippen LogP contribution in [0.5, 0.6) is 5.75 Å². The van der Waals surface area contributed by atoms with Gasteiger partial charge < -0.3 is 15.4 Å². The fourth-order valence-corrected chi connectivity index (χ4v) is 3.37. The minimum Gasteiger partial charge on any atom is -0.496 e. The second kappa shape index (κ2) is 8.36. The standard InChI is InChI=1S/C22H23N3O5/c1-14(26)15-8-10-17(11-9-15)23-19(27)13-25-20(28)22(2,24-21(25)29)12-16-6-4-5-7-18(16)30-3/h4-11H,12-13H2,1-3H3,(H,23,27)(H,24,29)/t22-/m0/s1. The summed E-state index contributed by atoms with van der Waals surface area (Å²) in [5.41, 5.74) is 0.575. The van der Waals surface area contributed by atoms with E-state index in [1.807, 2.05) is 18.2 Å². The fourth-order valence-electron chi connectivity index (χ4n) is 3.37. The van der Waals surface area contributed by atoms with Gasteiger partial charge in [0.15, 0.2) is 5.78 Å². The molecular weight excluding hydrogens is 386 g/mol. The molecule has 2 aromatic rings. The number of anilines is 1. The van der Waals surface area contributed by atoms with Gasteiger partial charge in [0.1, 0.15) is 17.8 Å². The molecule has 0 aliphatic carbocycles. The summed E-state index contributed by atoms with van der Waals surface area (Å²) in [6.45, 7) is 2.66. The van der Waals surface area contributed by atoms with Crippen molar-refractivity contribution in [2.45, 2.75) is 25.8 Å². The van der Waals surface area contributed by atoms with Crippen molar-refractivity contribution >= 4 is 29.3 Å². The lowest BCUT2D eigenvalue weighted by atomic mass is 9.92. The number of hydrogen-bond donors (Lipinski definition) is 2. The third-order valence-corrected chi connectivity index (χ3v) is 4.96. The number of hydrogen-bond acceptors (Lipinski definition) is 5. The SMILES string of the molecule is COc1ccccc1C[C@]1(C)NC(=O)N(CC(=O)Nc2ccc(C(C)=O)cc2)C1=O. The number of nitrogens with zero attached hydrogens (tertiary/aromatic N) is 1. The maximum atomic E-state index is 12.9. The monoisotopic (exact) mass is 409 g/mol. The molecule has 2 aromatic carbocycles. The van der Waals surface area contributed by atoms with E-state index in [9.17, 15) is 19.2 Å². The lowest BCUT2D eigenvalue weighted by Crippen LogP contribution is -2.46. The summed E-state index contributed by atoms with van der Waals surface area (Å²) < 4.78 is 5.32.